The van der Waals surface area contributed by atoms with Gasteiger partial charge in [-0.15, -0.1) is 0 Å². The zero-order valence-corrected chi connectivity index (χ0v) is 22.0. The van der Waals surface area contributed by atoms with Crippen molar-refractivity contribution in [1.29, 1.82) is 0 Å². The molecule has 0 unspecified atom stereocenters. The van der Waals surface area contributed by atoms with Crippen molar-refractivity contribution in [3.05, 3.63) is 63.9 Å². The first kappa shape index (κ1) is 27.3. The molecule has 2 aromatic rings. The molecule has 1 saturated heterocycles. The highest BCUT2D eigenvalue weighted by atomic mass is 35.5. The van der Waals surface area contributed by atoms with Gasteiger partial charge in [0.1, 0.15) is 11.2 Å². The van der Waals surface area contributed by atoms with Crippen molar-refractivity contribution in [2.75, 3.05) is 32.1 Å². The zero-order chi connectivity index (χ0) is 26.6. The first-order valence-electron chi connectivity index (χ1n) is 11.4. The molecule has 0 saturated carbocycles. The van der Waals surface area contributed by atoms with Crippen LogP contribution < -0.4 is 16.0 Å². The molecule has 36 heavy (non-hydrogen) atoms. The molecular formula is C25H28ClFN4O4S. The molecule has 0 atom stereocenters. The number of thiocarbonyl (C=S) groups is 1. The number of ether oxygens (including phenoxy) is 1. The van der Waals surface area contributed by atoms with Crippen LogP contribution in [0.5, 0.6) is 0 Å². The smallest absolute Gasteiger partial charge is 0.413 e. The van der Waals surface area contributed by atoms with Crippen LogP contribution in [0.4, 0.5) is 14.9 Å². The average molecular weight is 535 g/mol. The molecule has 192 valence electrons. The Bertz CT molecular complexity index is 1200. The Hall–Kier alpha value is -3.24. The van der Waals surface area contributed by atoms with Crippen molar-refractivity contribution in [2.24, 2.45) is 0 Å². The van der Waals surface area contributed by atoms with Gasteiger partial charge in [0.15, 0.2) is 5.11 Å². The van der Waals surface area contributed by atoms with Crippen LogP contribution in [0.25, 0.3) is 0 Å². The number of alkyl carbamates (subject to hydrolysis) is 1. The Labute approximate surface area is 219 Å². The molecular weight excluding hydrogens is 507 g/mol. The van der Waals surface area contributed by atoms with Gasteiger partial charge in [-0.1, -0.05) is 49.7 Å². The topological polar surface area (TPSA) is 99.8 Å². The summed E-state index contributed by atoms with van der Waals surface area (Å²) in [5.41, 5.74) is 0.680. The molecule has 8 nitrogen and oxygen atoms in total. The van der Waals surface area contributed by atoms with Crippen LogP contribution in [-0.4, -0.2) is 54.7 Å². The largest absolute Gasteiger partial charge is 0.450 e. The number of carbonyl (C=O) groups excluding carboxylic acids is 3. The van der Waals surface area contributed by atoms with Crippen molar-refractivity contribution in [3.8, 4) is 0 Å². The quantitative estimate of drug-likeness (QED) is 0.481. The van der Waals surface area contributed by atoms with E-state index >= 15 is 0 Å². The molecule has 0 aromatic heterocycles. The third-order valence-corrected chi connectivity index (χ3v) is 6.66. The predicted octanol–water partition coefficient (Wildman–Crippen LogP) is 4.19. The minimum atomic E-state index is -1.09. The maximum atomic E-state index is 14.3. The lowest BCUT2D eigenvalue weighted by molar-refractivity contribution is -0.126. The third kappa shape index (κ3) is 5.44. The number of likely N-dealkylation sites (tertiary alicyclic amines) is 1. The van der Waals surface area contributed by atoms with Gasteiger partial charge < -0.3 is 20.3 Å². The molecule has 1 aliphatic rings. The van der Waals surface area contributed by atoms with Gasteiger partial charge in [-0.25, -0.2) is 9.18 Å². The molecule has 0 bridgehead atoms. The summed E-state index contributed by atoms with van der Waals surface area (Å²) in [6.07, 6.45) is -0.682. The highest BCUT2D eigenvalue weighted by Gasteiger charge is 2.53. The standard InChI is InChI=1S/C25H28ClFN4O4S/c1-5-35-24(34)30-23(36)31-12-25(13-31,17-9-7-6-8-15(17)14(2)3)22(33)29-20-11-19(27)18(26)10-16(20)21(32)28-4/h6-11,14H,5,12-13H2,1-4H3,(H,28,32)(H,29,33)(H,30,34,36). The highest BCUT2D eigenvalue weighted by molar-refractivity contribution is 7.80. The van der Waals surface area contributed by atoms with Crippen LogP contribution in [0, 0.1) is 5.82 Å². The fourth-order valence-corrected chi connectivity index (χ4v) is 4.55. The van der Waals surface area contributed by atoms with E-state index in [-0.39, 0.29) is 47.0 Å². The van der Waals surface area contributed by atoms with E-state index in [9.17, 15) is 18.8 Å². The van der Waals surface area contributed by atoms with E-state index in [1.54, 1.807) is 11.8 Å². The Morgan fingerprint density at radius 1 is 1.22 bits per heavy atom. The van der Waals surface area contributed by atoms with E-state index in [0.29, 0.717) is 0 Å². The summed E-state index contributed by atoms with van der Waals surface area (Å²) < 4.78 is 19.2. The van der Waals surface area contributed by atoms with Gasteiger partial charge in [-0.3, -0.25) is 14.9 Å². The number of hydrogen-bond donors (Lipinski definition) is 3. The Kier molecular flexibility index (Phi) is 8.52. The number of carbonyl (C=O) groups is 3. The lowest BCUT2D eigenvalue weighted by Gasteiger charge is -2.50. The summed E-state index contributed by atoms with van der Waals surface area (Å²) in [6.45, 7) is 6.21. The summed E-state index contributed by atoms with van der Waals surface area (Å²) in [5.74, 6) is -1.64. The molecule has 1 aliphatic heterocycles. The summed E-state index contributed by atoms with van der Waals surface area (Å²) in [7, 11) is 1.42. The van der Waals surface area contributed by atoms with Crippen LogP contribution in [0.15, 0.2) is 36.4 Å². The fraction of sp³-hybridized carbons (Fsp3) is 0.360. The van der Waals surface area contributed by atoms with Crippen LogP contribution >= 0.6 is 23.8 Å². The van der Waals surface area contributed by atoms with Gasteiger partial charge in [0, 0.05) is 20.1 Å². The van der Waals surface area contributed by atoms with E-state index in [1.165, 1.54) is 13.1 Å². The minimum Gasteiger partial charge on any atom is -0.450 e. The third-order valence-electron chi connectivity index (χ3n) is 6.01. The molecule has 1 fully saturated rings. The molecule has 3 rings (SSSR count). The maximum Gasteiger partial charge on any atom is 0.413 e. The molecule has 0 spiro atoms. The number of rotatable bonds is 6. The lowest BCUT2D eigenvalue weighted by Crippen LogP contribution is -2.68. The van der Waals surface area contributed by atoms with Gasteiger partial charge >= 0.3 is 6.09 Å². The van der Waals surface area contributed by atoms with Crippen molar-refractivity contribution >= 4 is 52.5 Å². The van der Waals surface area contributed by atoms with Crippen LogP contribution in [0.1, 0.15) is 48.2 Å². The van der Waals surface area contributed by atoms with Crippen LogP contribution in [0.2, 0.25) is 5.02 Å². The van der Waals surface area contributed by atoms with E-state index in [0.717, 1.165) is 17.2 Å². The Balaban J connectivity index is 1.99. The number of anilines is 1. The van der Waals surface area contributed by atoms with Crippen molar-refractivity contribution in [3.63, 3.8) is 0 Å². The van der Waals surface area contributed by atoms with Gasteiger partial charge in [0.05, 0.1) is 22.9 Å². The predicted molar refractivity (Wildman–Crippen MR) is 140 cm³/mol. The van der Waals surface area contributed by atoms with E-state index in [1.807, 2.05) is 38.1 Å². The monoisotopic (exact) mass is 534 g/mol. The molecule has 2 aromatic carbocycles. The van der Waals surface area contributed by atoms with E-state index in [4.69, 9.17) is 28.6 Å². The second kappa shape index (κ2) is 11.2. The van der Waals surface area contributed by atoms with Gasteiger partial charge in [-0.05, 0) is 48.3 Å². The SMILES string of the molecule is CCOC(=O)NC(=S)N1CC(C(=O)Nc2cc(F)c(Cl)cc2C(=O)NC)(c2ccccc2C(C)C)C1. The second-order valence-corrected chi connectivity index (χ2v) is 9.47. The first-order valence-corrected chi connectivity index (χ1v) is 12.2. The van der Waals surface area contributed by atoms with E-state index in [2.05, 4.69) is 16.0 Å². The molecule has 0 radical (unpaired) electrons. The molecule has 0 aliphatic carbocycles. The highest BCUT2D eigenvalue weighted by Crippen LogP contribution is 2.40. The summed E-state index contributed by atoms with van der Waals surface area (Å²) >= 11 is 11.2. The Morgan fingerprint density at radius 3 is 2.50 bits per heavy atom. The number of hydrogen-bond acceptors (Lipinski definition) is 5. The number of benzene rings is 2. The van der Waals surface area contributed by atoms with Crippen molar-refractivity contribution in [1.82, 2.24) is 15.5 Å². The minimum absolute atomic E-state index is 0.00618. The normalized spacial score (nSPS) is 14.0. The van der Waals surface area contributed by atoms with Gasteiger partial charge in [0.2, 0.25) is 5.91 Å². The average Bonchev–Trinajstić information content (AvgIpc) is 2.80. The van der Waals surface area contributed by atoms with E-state index < -0.39 is 29.1 Å². The van der Waals surface area contributed by atoms with Gasteiger partial charge in [-0.2, -0.15) is 0 Å². The van der Waals surface area contributed by atoms with Crippen molar-refractivity contribution < 1.29 is 23.5 Å². The van der Waals surface area contributed by atoms with Crippen molar-refractivity contribution in [2.45, 2.75) is 32.1 Å². The molecule has 3 amide bonds. The maximum absolute atomic E-state index is 14.3. The molecule has 1 heterocycles. The number of nitrogens with one attached hydrogen (secondary N) is 3. The fourth-order valence-electron chi connectivity index (χ4n) is 4.17. The number of halogens is 2. The number of nitrogens with zero attached hydrogens (tertiary/aromatic N) is 1. The number of amides is 3. The lowest BCUT2D eigenvalue weighted by atomic mass is 9.69. The summed E-state index contributed by atoms with van der Waals surface area (Å²) in [6, 6.07) is 9.75. The zero-order valence-electron chi connectivity index (χ0n) is 20.4. The molecule has 11 heteroatoms. The van der Waals surface area contributed by atoms with Crippen LogP contribution in [0.3, 0.4) is 0 Å². The van der Waals surface area contributed by atoms with Gasteiger partial charge in [0.25, 0.3) is 5.91 Å². The summed E-state index contributed by atoms with van der Waals surface area (Å²) in [4.78, 5) is 39.8. The molecule has 3 N–H and O–H groups in total. The Morgan fingerprint density at radius 2 is 1.89 bits per heavy atom. The second-order valence-electron chi connectivity index (χ2n) is 8.68. The first-order chi connectivity index (χ1) is 17.0. The van der Waals surface area contributed by atoms with Crippen LogP contribution in [-0.2, 0) is 14.9 Å². The summed E-state index contributed by atoms with van der Waals surface area (Å²) in [5, 5.41) is 7.59.